The van der Waals surface area contributed by atoms with E-state index in [1.807, 2.05) is 60.7 Å². The van der Waals surface area contributed by atoms with Gasteiger partial charge in [-0.25, -0.2) is 9.48 Å². The lowest BCUT2D eigenvalue weighted by Gasteiger charge is -2.06. The van der Waals surface area contributed by atoms with Crippen LogP contribution < -0.4 is 5.69 Å². The Hall–Kier alpha value is -2.75. The van der Waals surface area contributed by atoms with Gasteiger partial charge in [-0.3, -0.25) is 0 Å². The third-order valence-corrected chi connectivity index (χ3v) is 2.99. The summed E-state index contributed by atoms with van der Waals surface area (Å²) in [6.07, 6.45) is 1.51. The van der Waals surface area contributed by atoms with E-state index in [-0.39, 0.29) is 5.69 Å². The van der Waals surface area contributed by atoms with Crippen molar-refractivity contribution < 1.29 is 0 Å². The summed E-state index contributed by atoms with van der Waals surface area (Å²) in [6.45, 7) is 0.424. The molecule has 0 amide bonds. The van der Waals surface area contributed by atoms with Crippen molar-refractivity contribution in [1.29, 1.82) is 0 Å². The highest BCUT2D eigenvalue weighted by atomic mass is 16.1. The van der Waals surface area contributed by atoms with E-state index in [9.17, 15) is 4.79 Å². The molecule has 4 nitrogen and oxygen atoms in total. The zero-order chi connectivity index (χ0) is 13.8. The van der Waals surface area contributed by atoms with Crippen LogP contribution in [0.5, 0.6) is 0 Å². The molecule has 3 aromatic rings. The van der Waals surface area contributed by atoms with Gasteiger partial charge in [0, 0.05) is 5.56 Å². The third kappa shape index (κ3) is 2.64. The summed E-state index contributed by atoms with van der Waals surface area (Å²) in [7, 11) is 0. The van der Waals surface area contributed by atoms with Gasteiger partial charge in [0.1, 0.15) is 5.69 Å². The first-order chi connectivity index (χ1) is 9.83. The Labute approximate surface area is 116 Å². The van der Waals surface area contributed by atoms with E-state index in [4.69, 9.17) is 0 Å². The standard InChI is InChI=1S/C16H13N3O/c20-16-17-11-15(14-9-5-2-6-10-14)18-19(16)12-13-7-3-1-4-8-13/h1-11H,12H2. The second-order valence-corrected chi connectivity index (χ2v) is 4.44. The Morgan fingerprint density at radius 2 is 1.55 bits per heavy atom. The molecular weight excluding hydrogens is 250 g/mol. The van der Waals surface area contributed by atoms with Gasteiger partial charge in [-0.15, -0.1) is 0 Å². The van der Waals surface area contributed by atoms with Crippen LogP contribution in [0.15, 0.2) is 71.7 Å². The topological polar surface area (TPSA) is 47.8 Å². The second kappa shape index (κ2) is 5.48. The molecule has 0 atom stereocenters. The predicted molar refractivity (Wildman–Crippen MR) is 77.3 cm³/mol. The summed E-state index contributed by atoms with van der Waals surface area (Å²) in [5.74, 6) is 0. The van der Waals surface area contributed by atoms with E-state index in [0.29, 0.717) is 12.2 Å². The van der Waals surface area contributed by atoms with E-state index in [2.05, 4.69) is 10.1 Å². The molecule has 0 saturated carbocycles. The summed E-state index contributed by atoms with van der Waals surface area (Å²) >= 11 is 0. The molecule has 3 rings (SSSR count). The van der Waals surface area contributed by atoms with E-state index in [0.717, 1.165) is 11.1 Å². The highest BCUT2D eigenvalue weighted by molar-refractivity contribution is 5.56. The van der Waals surface area contributed by atoms with Crippen LogP contribution in [0.2, 0.25) is 0 Å². The maximum Gasteiger partial charge on any atom is 0.364 e. The molecule has 1 aromatic heterocycles. The molecule has 0 bridgehead atoms. The van der Waals surface area contributed by atoms with E-state index < -0.39 is 0 Å². The predicted octanol–water partition coefficient (Wildman–Crippen LogP) is 2.35. The van der Waals surface area contributed by atoms with Gasteiger partial charge in [0.05, 0.1) is 12.7 Å². The summed E-state index contributed by atoms with van der Waals surface area (Å²) in [5, 5.41) is 4.38. The van der Waals surface area contributed by atoms with E-state index >= 15 is 0 Å². The third-order valence-electron chi connectivity index (χ3n) is 2.99. The minimum absolute atomic E-state index is 0.339. The van der Waals surface area contributed by atoms with Crippen molar-refractivity contribution in [3.8, 4) is 11.3 Å². The average Bonchev–Trinajstić information content (AvgIpc) is 2.51. The number of benzene rings is 2. The zero-order valence-electron chi connectivity index (χ0n) is 10.8. The normalized spacial score (nSPS) is 10.4. The van der Waals surface area contributed by atoms with Gasteiger partial charge in [0.25, 0.3) is 0 Å². The number of hydrogen-bond acceptors (Lipinski definition) is 3. The first-order valence-corrected chi connectivity index (χ1v) is 6.36. The highest BCUT2D eigenvalue weighted by Gasteiger charge is 2.04. The molecule has 1 heterocycles. The lowest BCUT2D eigenvalue weighted by atomic mass is 10.2. The van der Waals surface area contributed by atoms with Crippen molar-refractivity contribution >= 4 is 0 Å². The Kier molecular flexibility index (Phi) is 3.37. The van der Waals surface area contributed by atoms with Gasteiger partial charge in [0.2, 0.25) is 0 Å². The van der Waals surface area contributed by atoms with Crippen molar-refractivity contribution in [3.05, 3.63) is 82.9 Å². The van der Waals surface area contributed by atoms with Gasteiger partial charge in [0.15, 0.2) is 0 Å². The molecule has 98 valence electrons. The number of aromatic nitrogens is 3. The molecule has 0 aliphatic rings. The van der Waals surface area contributed by atoms with Crippen LogP contribution in [0, 0.1) is 0 Å². The lowest BCUT2D eigenvalue weighted by Crippen LogP contribution is -2.26. The summed E-state index contributed by atoms with van der Waals surface area (Å²) < 4.78 is 1.39. The molecule has 0 unspecified atom stereocenters. The van der Waals surface area contributed by atoms with Gasteiger partial charge < -0.3 is 0 Å². The number of rotatable bonds is 3. The van der Waals surface area contributed by atoms with Crippen LogP contribution in [0.3, 0.4) is 0 Å². The fourth-order valence-electron chi connectivity index (χ4n) is 1.98. The maximum atomic E-state index is 11.8. The van der Waals surface area contributed by atoms with E-state index in [1.165, 1.54) is 10.9 Å². The smallest absolute Gasteiger partial charge is 0.244 e. The minimum atomic E-state index is -0.339. The van der Waals surface area contributed by atoms with Crippen LogP contribution in [-0.2, 0) is 6.54 Å². The van der Waals surface area contributed by atoms with Gasteiger partial charge in [-0.2, -0.15) is 10.1 Å². The Morgan fingerprint density at radius 3 is 2.25 bits per heavy atom. The monoisotopic (exact) mass is 263 g/mol. The lowest BCUT2D eigenvalue weighted by molar-refractivity contribution is 0.617. The van der Waals surface area contributed by atoms with Crippen molar-refractivity contribution in [1.82, 2.24) is 14.8 Å². The Balaban J connectivity index is 1.98. The van der Waals surface area contributed by atoms with Crippen molar-refractivity contribution in [3.63, 3.8) is 0 Å². The molecule has 0 aliphatic heterocycles. The molecule has 0 fully saturated rings. The quantitative estimate of drug-likeness (QED) is 0.728. The summed E-state index contributed by atoms with van der Waals surface area (Å²) in [4.78, 5) is 15.7. The van der Waals surface area contributed by atoms with Gasteiger partial charge in [-0.05, 0) is 5.56 Å². The highest BCUT2D eigenvalue weighted by Crippen LogP contribution is 2.13. The van der Waals surface area contributed by atoms with Crippen molar-refractivity contribution in [2.24, 2.45) is 0 Å². The van der Waals surface area contributed by atoms with Crippen LogP contribution >= 0.6 is 0 Å². The minimum Gasteiger partial charge on any atom is -0.244 e. The first-order valence-electron chi connectivity index (χ1n) is 6.36. The van der Waals surface area contributed by atoms with Crippen LogP contribution in [0.1, 0.15) is 5.56 Å². The SMILES string of the molecule is O=c1ncc(-c2ccccc2)nn1Cc1ccccc1. The summed E-state index contributed by atoms with van der Waals surface area (Å²) in [5.41, 5.74) is 2.32. The van der Waals surface area contributed by atoms with Crippen molar-refractivity contribution in [2.45, 2.75) is 6.54 Å². The van der Waals surface area contributed by atoms with Gasteiger partial charge in [-0.1, -0.05) is 60.7 Å². The van der Waals surface area contributed by atoms with Crippen LogP contribution in [0.25, 0.3) is 11.3 Å². The first kappa shape index (κ1) is 12.3. The molecule has 0 radical (unpaired) electrons. The average molecular weight is 263 g/mol. The molecular formula is C16H13N3O. The molecule has 0 N–H and O–H groups in total. The van der Waals surface area contributed by atoms with Crippen molar-refractivity contribution in [2.75, 3.05) is 0 Å². The Morgan fingerprint density at radius 1 is 0.900 bits per heavy atom. The number of nitrogens with zero attached hydrogens (tertiary/aromatic N) is 3. The van der Waals surface area contributed by atoms with Crippen LogP contribution in [0.4, 0.5) is 0 Å². The molecule has 2 aromatic carbocycles. The number of hydrogen-bond donors (Lipinski definition) is 0. The molecule has 20 heavy (non-hydrogen) atoms. The molecule has 0 saturated heterocycles. The van der Waals surface area contributed by atoms with E-state index in [1.54, 1.807) is 0 Å². The maximum absolute atomic E-state index is 11.8. The van der Waals surface area contributed by atoms with Gasteiger partial charge >= 0.3 is 5.69 Å². The zero-order valence-corrected chi connectivity index (χ0v) is 10.8. The molecule has 0 spiro atoms. The Bertz CT molecular complexity index is 751. The summed E-state index contributed by atoms with van der Waals surface area (Å²) in [6, 6.07) is 19.4. The van der Waals surface area contributed by atoms with Crippen LogP contribution in [-0.4, -0.2) is 14.8 Å². The fraction of sp³-hybridized carbons (Fsp3) is 0.0625. The largest absolute Gasteiger partial charge is 0.364 e. The fourth-order valence-corrected chi connectivity index (χ4v) is 1.98. The molecule has 0 aliphatic carbocycles. The molecule has 4 heteroatoms. The second-order valence-electron chi connectivity index (χ2n) is 4.44.